The Hall–Kier alpha value is -3.66. The van der Waals surface area contributed by atoms with Crippen LogP contribution in [0.1, 0.15) is 11.1 Å². The highest BCUT2D eigenvalue weighted by molar-refractivity contribution is 6.01. The lowest BCUT2D eigenvalue weighted by Gasteiger charge is -2.24. The molecular formula is C25H22N2O2. The maximum Gasteiger partial charge on any atom is 0.251 e. The minimum absolute atomic E-state index is 0.0374. The Labute approximate surface area is 169 Å². The van der Waals surface area contributed by atoms with Crippen molar-refractivity contribution in [1.29, 1.82) is 0 Å². The fraction of sp³-hybridized carbons (Fsp3) is 0.120. The van der Waals surface area contributed by atoms with Crippen molar-refractivity contribution in [1.82, 2.24) is 4.57 Å². The standard InChI is InChI=1S/C25H22N2O2/c1-18-10-9-15-22-19(2)16-23(28)26(25(18)22)17-24(29)27(20-11-5-3-6-12-20)21-13-7-4-8-14-21/h3-16H,17H2,1-2H3. The molecule has 3 aromatic carbocycles. The number of aryl methyl sites for hydroxylation is 2. The van der Waals surface area contributed by atoms with Crippen LogP contribution in [-0.2, 0) is 11.3 Å². The van der Waals surface area contributed by atoms with Gasteiger partial charge in [-0.2, -0.15) is 0 Å². The number of carbonyl (C=O) groups excluding carboxylic acids is 1. The number of aromatic nitrogens is 1. The van der Waals surface area contributed by atoms with Gasteiger partial charge in [-0.25, -0.2) is 0 Å². The van der Waals surface area contributed by atoms with Gasteiger partial charge in [-0.1, -0.05) is 54.6 Å². The Morgan fingerprint density at radius 3 is 1.97 bits per heavy atom. The molecule has 0 spiro atoms. The summed E-state index contributed by atoms with van der Waals surface area (Å²) in [6.07, 6.45) is 0. The third-order valence-electron chi connectivity index (χ3n) is 5.11. The van der Waals surface area contributed by atoms with E-state index < -0.39 is 0 Å². The zero-order valence-corrected chi connectivity index (χ0v) is 16.5. The third-order valence-corrected chi connectivity index (χ3v) is 5.11. The molecule has 0 aliphatic rings. The highest BCUT2D eigenvalue weighted by Crippen LogP contribution is 2.26. The van der Waals surface area contributed by atoms with Gasteiger partial charge in [-0.05, 0) is 49.2 Å². The number of nitrogens with zero attached hydrogens (tertiary/aromatic N) is 2. The van der Waals surface area contributed by atoms with Gasteiger partial charge in [-0.3, -0.25) is 19.1 Å². The third kappa shape index (κ3) is 3.57. The van der Waals surface area contributed by atoms with Gasteiger partial charge in [-0.15, -0.1) is 0 Å². The van der Waals surface area contributed by atoms with E-state index >= 15 is 0 Å². The lowest BCUT2D eigenvalue weighted by atomic mass is 10.1. The first-order valence-corrected chi connectivity index (χ1v) is 9.59. The minimum atomic E-state index is -0.169. The van der Waals surface area contributed by atoms with Crippen LogP contribution in [0.2, 0.25) is 0 Å². The second-order valence-corrected chi connectivity index (χ2v) is 7.12. The van der Waals surface area contributed by atoms with Crippen molar-refractivity contribution in [3.63, 3.8) is 0 Å². The molecule has 29 heavy (non-hydrogen) atoms. The molecule has 0 fully saturated rings. The molecule has 1 heterocycles. The van der Waals surface area contributed by atoms with Gasteiger partial charge in [0.05, 0.1) is 5.52 Å². The summed E-state index contributed by atoms with van der Waals surface area (Å²) in [5.74, 6) is -0.169. The Morgan fingerprint density at radius 2 is 1.38 bits per heavy atom. The quantitative estimate of drug-likeness (QED) is 0.499. The van der Waals surface area contributed by atoms with Crippen molar-refractivity contribution < 1.29 is 4.79 Å². The monoisotopic (exact) mass is 382 g/mol. The van der Waals surface area contributed by atoms with Crippen LogP contribution < -0.4 is 10.5 Å². The number of anilines is 2. The molecule has 0 bridgehead atoms. The van der Waals surface area contributed by atoms with E-state index in [1.165, 1.54) is 0 Å². The SMILES string of the molecule is Cc1cc(=O)n(CC(=O)N(c2ccccc2)c2ccccc2)c2c(C)cccc12. The molecule has 0 radical (unpaired) electrons. The number of amides is 1. The summed E-state index contributed by atoms with van der Waals surface area (Å²) in [6.45, 7) is 3.86. The first-order valence-electron chi connectivity index (χ1n) is 9.59. The van der Waals surface area contributed by atoms with E-state index in [0.717, 1.165) is 33.4 Å². The Morgan fingerprint density at radius 1 is 0.793 bits per heavy atom. The average Bonchev–Trinajstić information content (AvgIpc) is 2.73. The van der Waals surface area contributed by atoms with Gasteiger partial charge in [0.1, 0.15) is 6.54 Å². The summed E-state index contributed by atoms with van der Waals surface area (Å²) < 4.78 is 1.58. The fourth-order valence-electron chi connectivity index (χ4n) is 3.74. The van der Waals surface area contributed by atoms with E-state index in [0.29, 0.717) is 0 Å². The van der Waals surface area contributed by atoms with Crippen molar-refractivity contribution in [2.24, 2.45) is 0 Å². The summed E-state index contributed by atoms with van der Waals surface area (Å²) in [7, 11) is 0. The van der Waals surface area contributed by atoms with Gasteiger partial charge in [0.25, 0.3) is 11.5 Å². The summed E-state index contributed by atoms with van der Waals surface area (Å²) in [4.78, 5) is 28.0. The first kappa shape index (κ1) is 18.7. The Balaban J connectivity index is 1.83. The fourth-order valence-corrected chi connectivity index (χ4v) is 3.74. The lowest BCUT2D eigenvalue weighted by molar-refractivity contribution is -0.118. The smallest absolute Gasteiger partial charge is 0.251 e. The normalized spacial score (nSPS) is 10.8. The van der Waals surface area contributed by atoms with Crippen LogP contribution in [0, 0.1) is 13.8 Å². The van der Waals surface area contributed by atoms with Crippen molar-refractivity contribution >= 4 is 28.2 Å². The topological polar surface area (TPSA) is 42.3 Å². The van der Waals surface area contributed by atoms with E-state index in [1.807, 2.05) is 92.7 Å². The number of hydrogen-bond acceptors (Lipinski definition) is 2. The second kappa shape index (κ2) is 7.76. The predicted octanol–water partition coefficient (Wildman–Crippen LogP) is 4.98. The number of para-hydroxylation sites is 3. The molecule has 0 aliphatic carbocycles. The van der Waals surface area contributed by atoms with Gasteiger partial charge >= 0.3 is 0 Å². The molecule has 0 unspecified atom stereocenters. The van der Waals surface area contributed by atoms with E-state index in [4.69, 9.17) is 0 Å². The number of pyridine rings is 1. The predicted molar refractivity (Wildman–Crippen MR) is 118 cm³/mol. The van der Waals surface area contributed by atoms with Gasteiger partial charge < -0.3 is 0 Å². The molecular weight excluding hydrogens is 360 g/mol. The highest BCUT2D eigenvalue weighted by Gasteiger charge is 2.20. The van der Waals surface area contributed by atoms with Crippen LogP contribution in [0.15, 0.2) is 89.7 Å². The molecule has 0 aliphatic heterocycles. The van der Waals surface area contributed by atoms with Crippen LogP contribution >= 0.6 is 0 Å². The summed E-state index contributed by atoms with van der Waals surface area (Å²) in [5, 5.41) is 0.989. The van der Waals surface area contributed by atoms with E-state index in [-0.39, 0.29) is 18.0 Å². The number of hydrogen-bond donors (Lipinski definition) is 0. The molecule has 4 aromatic rings. The molecule has 4 heteroatoms. The van der Waals surface area contributed by atoms with Crippen LogP contribution in [0.5, 0.6) is 0 Å². The first-order chi connectivity index (χ1) is 14.1. The Kier molecular flexibility index (Phi) is 5.00. The molecule has 144 valence electrons. The van der Waals surface area contributed by atoms with Crippen molar-refractivity contribution in [3.8, 4) is 0 Å². The maximum atomic E-state index is 13.5. The number of carbonyl (C=O) groups is 1. The second-order valence-electron chi connectivity index (χ2n) is 7.12. The summed E-state index contributed by atoms with van der Waals surface area (Å²) in [5.41, 5.74) is 4.07. The average molecular weight is 382 g/mol. The van der Waals surface area contributed by atoms with Crippen LogP contribution in [0.4, 0.5) is 11.4 Å². The largest absolute Gasteiger partial charge is 0.299 e. The van der Waals surface area contributed by atoms with Crippen LogP contribution in [0.25, 0.3) is 10.9 Å². The van der Waals surface area contributed by atoms with E-state index in [1.54, 1.807) is 15.5 Å². The zero-order valence-electron chi connectivity index (χ0n) is 16.5. The number of fused-ring (bicyclic) bond motifs is 1. The van der Waals surface area contributed by atoms with Gasteiger partial charge in [0.15, 0.2) is 0 Å². The molecule has 4 nitrogen and oxygen atoms in total. The molecule has 0 N–H and O–H groups in total. The number of rotatable bonds is 4. The van der Waals surface area contributed by atoms with Crippen molar-refractivity contribution in [2.75, 3.05) is 4.90 Å². The molecule has 4 rings (SSSR count). The lowest BCUT2D eigenvalue weighted by Crippen LogP contribution is -2.34. The number of benzene rings is 3. The molecule has 0 atom stereocenters. The van der Waals surface area contributed by atoms with Crippen LogP contribution in [0.3, 0.4) is 0 Å². The van der Waals surface area contributed by atoms with Crippen molar-refractivity contribution in [3.05, 3.63) is 106 Å². The molecule has 1 amide bonds. The molecule has 0 saturated heterocycles. The zero-order chi connectivity index (χ0) is 20.4. The van der Waals surface area contributed by atoms with E-state index in [9.17, 15) is 9.59 Å². The molecule has 1 aromatic heterocycles. The minimum Gasteiger partial charge on any atom is -0.299 e. The highest BCUT2D eigenvalue weighted by atomic mass is 16.2. The Bertz CT molecular complexity index is 1190. The van der Waals surface area contributed by atoms with E-state index in [2.05, 4.69) is 0 Å². The van der Waals surface area contributed by atoms with Gasteiger partial charge in [0.2, 0.25) is 0 Å². The summed E-state index contributed by atoms with van der Waals surface area (Å²) in [6, 6.07) is 26.5. The maximum absolute atomic E-state index is 13.5. The van der Waals surface area contributed by atoms with Gasteiger partial charge in [0, 0.05) is 22.8 Å². The van der Waals surface area contributed by atoms with Crippen molar-refractivity contribution in [2.45, 2.75) is 20.4 Å². The summed E-state index contributed by atoms with van der Waals surface area (Å²) >= 11 is 0. The van der Waals surface area contributed by atoms with Crippen LogP contribution in [-0.4, -0.2) is 10.5 Å². The molecule has 0 saturated carbocycles.